The number of hydrogen-bond donors (Lipinski definition) is 0. The maximum atomic E-state index is 12.2. The Bertz CT molecular complexity index is 722. The van der Waals surface area contributed by atoms with E-state index in [1.807, 2.05) is 52.5 Å². The molecule has 3 aromatic rings. The molecule has 1 aromatic carbocycles. The second-order valence-corrected chi connectivity index (χ2v) is 5.85. The molecule has 5 nitrogen and oxygen atoms in total. The number of ether oxygens (including phenoxy) is 1. The largest absolute Gasteiger partial charge is 0.492 e. The molecule has 0 spiro atoms. The van der Waals surface area contributed by atoms with E-state index < -0.39 is 0 Å². The van der Waals surface area contributed by atoms with Gasteiger partial charge in [0.2, 0.25) is 5.91 Å². The standard InChI is InChI=1S/C16H17N3O2S/c1-18(7-9-21-14-5-3-2-4-6-14)15(20)11-13-12-19-8-10-22-16(19)17-13/h2-6,8,10,12H,7,9,11H2,1H3. The molecule has 0 atom stereocenters. The van der Waals surface area contributed by atoms with Crippen LogP contribution in [0, 0.1) is 0 Å². The SMILES string of the molecule is CN(CCOc1ccccc1)C(=O)Cc1cn2ccsc2n1. The van der Waals surface area contributed by atoms with E-state index in [4.69, 9.17) is 4.74 Å². The van der Waals surface area contributed by atoms with Gasteiger partial charge in [-0.2, -0.15) is 0 Å². The van der Waals surface area contributed by atoms with Crippen LogP contribution >= 0.6 is 11.3 Å². The Labute approximate surface area is 132 Å². The van der Waals surface area contributed by atoms with Gasteiger partial charge in [-0.25, -0.2) is 4.98 Å². The fourth-order valence-electron chi connectivity index (χ4n) is 2.09. The van der Waals surface area contributed by atoms with Gasteiger partial charge in [-0.05, 0) is 12.1 Å². The lowest BCUT2D eigenvalue weighted by molar-refractivity contribution is -0.129. The van der Waals surface area contributed by atoms with Crippen molar-refractivity contribution in [3.05, 3.63) is 53.8 Å². The summed E-state index contributed by atoms with van der Waals surface area (Å²) in [6.45, 7) is 1.03. The molecule has 0 aliphatic heterocycles. The number of likely N-dealkylation sites (N-methyl/N-ethyl adjacent to an activating group) is 1. The van der Waals surface area contributed by atoms with Crippen LogP contribution in [0.1, 0.15) is 5.69 Å². The molecule has 0 unspecified atom stereocenters. The highest BCUT2D eigenvalue weighted by molar-refractivity contribution is 7.15. The Morgan fingerprint density at radius 1 is 1.36 bits per heavy atom. The summed E-state index contributed by atoms with van der Waals surface area (Å²) in [5.74, 6) is 0.861. The number of benzene rings is 1. The van der Waals surface area contributed by atoms with Crippen molar-refractivity contribution in [3.8, 4) is 5.75 Å². The van der Waals surface area contributed by atoms with Crippen LogP contribution in [0.5, 0.6) is 5.75 Å². The lowest BCUT2D eigenvalue weighted by Gasteiger charge is -2.17. The summed E-state index contributed by atoms with van der Waals surface area (Å²) in [5.41, 5.74) is 0.799. The van der Waals surface area contributed by atoms with E-state index in [0.717, 1.165) is 16.4 Å². The first kappa shape index (κ1) is 14.6. The number of aromatic nitrogens is 2. The van der Waals surface area contributed by atoms with Gasteiger partial charge in [-0.1, -0.05) is 18.2 Å². The highest BCUT2D eigenvalue weighted by Gasteiger charge is 2.12. The first-order chi connectivity index (χ1) is 10.7. The summed E-state index contributed by atoms with van der Waals surface area (Å²) in [5, 5.41) is 1.97. The Kier molecular flexibility index (Phi) is 4.39. The predicted molar refractivity (Wildman–Crippen MR) is 86.3 cm³/mol. The highest BCUT2D eigenvalue weighted by atomic mass is 32.1. The van der Waals surface area contributed by atoms with Crippen LogP contribution in [0.15, 0.2) is 48.1 Å². The van der Waals surface area contributed by atoms with Crippen molar-refractivity contribution < 1.29 is 9.53 Å². The highest BCUT2D eigenvalue weighted by Crippen LogP contribution is 2.12. The average molecular weight is 315 g/mol. The van der Waals surface area contributed by atoms with E-state index in [2.05, 4.69) is 4.98 Å². The number of carbonyl (C=O) groups excluding carboxylic acids is 1. The van der Waals surface area contributed by atoms with E-state index in [1.54, 1.807) is 23.3 Å². The van der Waals surface area contributed by atoms with Crippen LogP contribution in [-0.4, -0.2) is 40.4 Å². The molecule has 0 saturated heterocycles. The van der Waals surface area contributed by atoms with Crippen molar-refractivity contribution >= 4 is 22.2 Å². The van der Waals surface area contributed by atoms with Crippen LogP contribution in [0.25, 0.3) is 4.96 Å². The number of carbonyl (C=O) groups is 1. The van der Waals surface area contributed by atoms with Crippen molar-refractivity contribution in [3.63, 3.8) is 0 Å². The van der Waals surface area contributed by atoms with Gasteiger partial charge in [0.05, 0.1) is 18.7 Å². The van der Waals surface area contributed by atoms with Crippen molar-refractivity contribution in [2.45, 2.75) is 6.42 Å². The normalized spacial score (nSPS) is 10.8. The average Bonchev–Trinajstić information content (AvgIpc) is 3.09. The summed E-state index contributed by atoms with van der Waals surface area (Å²) >= 11 is 1.56. The minimum absolute atomic E-state index is 0.0439. The third kappa shape index (κ3) is 3.46. The second-order valence-electron chi connectivity index (χ2n) is 4.98. The third-order valence-electron chi connectivity index (χ3n) is 3.34. The number of nitrogens with zero attached hydrogens (tertiary/aromatic N) is 3. The van der Waals surface area contributed by atoms with Crippen molar-refractivity contribution in [2.75, 3.05) is 20.2 Å². The Hall–Kier alpha value is -2.34. The third-order valence-corrected chi connectivity index (χ3v) is 4.11. The molecule has 2 aromatic heterocycles. The number of rotatable bonds is 6. The zero-order valence-corrected chi connectivity index (χ0v) is 13.1. The Morgan fingerprint density at radius 3 is 2.95 bits per heavy atom. The summed E-state index contributed by atoms with van der Waals surface area (Å²) < 4.78 is 7.54. The first-order valence-electron chi connectivity index (χ1n) is 7.05. The maximum Gasteiger partial charge on any atom is 0.228 e. The number of hydrogen-bond acceptors (Lipinski definition) is 4. The van der Waals surface area contributed by atoms with Gasteiger partial charge in [0.15, 0.2) is 4.96 Å². The van der Waals surface area contributed by atoms with Crippen molar-refractivity contribution in [1.82, 2.24) is 14.3 Å². The summed E-state index contributed by atoms with van der Waals surface area (Å²) in [6, 6.07) is 9.60. The van der Waals surface area contributed by atoms with Gasteiger partial charge in [0.25, 0.3) is 0 Å². The van der Waals surface area contributed by atoms with E-state index in [-0.39, 0.29) is 5.91 Å². The molecule has 0 aliphatic rings. The lowest BCUT2D eigenvalue weighted by atomic mass is 10.3. The smallest absolute Gasteiger partial charge is 0.228 e. The zero-order chi connectivity index (χ0) is 15.4. The number of thiazole rings is 1. The van der Waals surface area contributed by atoms with Crippen LogP contribution in [-0.2, 0) is 11.2 Å². The molecular weight excluding hydrogens is 298 g/mol. The maximum absolute atomic E-state index is 12.2. The van der Waals surface area contributed by atoms with Gasteiger partial charge in [0, 0.05) is 24.8 Å². The van der Waals surface area contributed by atoms with E-state index >= 15 is 0 Å². The van der Waals surface area contributed by atoms with Gasteiger partial charge in [-0.3, -0.25) is 9.20 Å². The van der Waals surface area contributed by atoms with E-state index in [1.165, 1.54) is 0 Å². The lowest BCUT2D eigenvalue weighted by Crippen LogP contribution is -2.32. The van der Waals surface area contributed by atoms with Gasteiger partial charge < -0.3 is 9.64 Å². The van der Waals surface area contributed by atoms with Gasteiger partial charge >= 0.3 is 0 Å². The van der Waals surface area contributed by atoms with Crippen molar-refractivity contribution in [1.29, 1.82) is 0 Å². The molecule has 1 amide bonds. The summed E-state index contributed by atoms with van der Waals surface area (Å²) in [7, 11) is 1.79. The Morgan fingerprint density at radius 2 is 2.18 bits per heavy atom. The molecular formula is C16H17N3O2S. The molecule has 114 valence electrons. The van der Waals surface area contributed by atoms with Gasteiger partial charge in [-0.15, -0.1) is 11.3 Å². The molecule has 0 fully saturated rings. The predicted octanol–water partition coefficient (Wildman–Crippen LogP) is 2.48. The van der Waals surface area contributed by atoms with Crippen LogP contribution in [0.4, 0.5) is 0 Å². The Balaban J connectivity index is 1.48. The molecule has 2 heterocycles. The van der Waals surface area contributed by atoms with Crippen LogP contribution < -0.4 is 4.74 Å². The molecule has 6 heteroatoms. The molecule has 0 radical (unpaired) electrons. The number of amides is 1. The molecule has 0 aliphatic carbocycles. The van der Waals surface area contributed by atoms with Crippen LogP contribution in [0.2, 0.25) is 0 Å². The first-order valence-corrected chi connectivity index (χ1v) is 7.93. The zero-order valence-electron chi connectivity index (χ0n) is 12.3. The molecule has 0 saturated carbocycles. The fourth-order valence-corrected chi connectivity index (χ4v) is 2.81. The number of para-hydroxylation sites is 1. The monoisotopic (exact) mass is 315 g/mol. The summed E-state index contributed by atoms with van der Waals surface area (Å²) in [6.07, 6.45) is 4.16. The number of imidazole rings is 1. The minimum atomic E-state index is 0.0439. The topological polar surface area (TPSA) is 46.8 Å². The van der Waals surface area contributed by atoms with E-state index in [9.17, 15) is 4.79 Å². The fraction of sp³-hybridized carbons (Fsp3) is 0.250. The molecule has 3 rings (SSSR count). The van der Waals surface area contributed by atoms with Crippen molar-refractivity contribution in [2.24, 2.45) is 0 Å². The quantitative estimate of drug-likeness (QED) is 0.702. The molecule has 0 N–H and O–H groups in total. The van der Waals surface area contributed by atoms with Crippen LogP contribution in [0.3, 0.4) is 0 Å². The number of fused-ring (bicyclic) bond motifs is 1. The second kappa shape index (κ2) is 6.62. The molecule has 0 bridgehead atoms. The molecule has 22 heavy (non-hydrogen) atoms. The summed E-state index contributed by atoms with van der Waals surface area (Å²) in [4.78, 5) is 19.2. The minimum Gasteiger partial charge on any atom is -0.492 e. The van der Waals surface area contributed by atoms with E-state index in [0.29, 0.717) is 19.6 Å². The van der Waals surface area contributed by atoms with Gasteiger partial charge in [0.1, 0.15) is 12.4 Å².